The van der Waals surface area contributed by atoms with Crippen LogP contribution in [0.1, 0.15) is 0 Å². The van der Waals surface area contributed by atoms with E-state index in [2.05, 4.69) is 15.9 Å². The van der Waals surface area contributed by atoms with E-state index in [4.69, 9.17) is 22.3 Å². The first-order valence-corrected chi connectivity index (χ1v) is 6.28. The Hall–Kier alpha value is 0.230. The predicted octanol–water partition coefficient (Wildman–Crippen LogP) is 3.03. The van der Waals surface area contributed by atoms with Gasteiger partial charge in [-0.25, -0.2) is 8.42 Å². The Bertz CT molecular complexity index is 382. The van der Waals surface area contributed by atoms with Crippen LogP contribution in [0.3, 0.4) is 0 Å². The van der Waals surface area contributed by atoms with Gasteiger partial charge in [-0.2, -0.15) is 0 Å². The maximum Gasteiger partial charge on any atom is 0.261 e. The second-order valence-electron chi connectivity index (χ2n) is 2.04. The van der Waals surface area contributed by atoms with Crippen molar-refractivity contribution < 1.29 is 8.42 Å². The van der Waals surface area contributed by atoms with Crippen LogP contribution in [0.4, 0.5) is 0 Å². The van der Waals surface area contributed by atoms with Gasteiger partial charge in [0.05, 0.1) is 4.90 Å². The molecule has 0 heterocycles. The van der Waals surface area contributed by atoms with Crippen molar-refractivity contribution in [2.24, 2.45) is 0 Å². The summed E-state index contributed by atoms with van der Waals surface area (Å²) in [4.78, 5) is -0.0106. The Morgan fingerprint density at radius 3 is 2.25 bits per heavy atom. The molecule has 6 heteroatoms. The summed E-state index contributed by atoms with van der Waals surface area (Å²) < 4.78 is 22.2. The predicted molar refractivity (Wildman–Crippen MR) is 52.2 cm³/mol. The summed E-state index contributed by atoms with van der Waals surface area (Å²) in [6.45, 7) is 0. The molecule has 0 atom stereocenters. The molecule has 12 heavy (non-hydrogen) atoms. The number of halogens is 3. The van der Waals surface area contributed by atoms with Crippen LogP contribution < -0.4 is 0 Å². The first-order chi connectivity index (χ1) is 5.39. The number of hydrogen-bond donors (Lipinski definition) is 0. The van der Waals surface area contributed by atoms with Crippen LogP contribution in [-0.4, -0.2) is 8.42 Å². The zero-order chi connectivity index (χ0) is 9.35. The average molecular weight is 290 g/mol. The normalized spacial score (nSPS) is 11.6. The van der Waals surface area contributed by atoms with E-state index in [-0.39, 0.29) is 4.90 Å². The van der Waals surface area contributed by atoms with Crippen LogP contribution in [0.25, 0.3) is 0 Å². The van der Waals surface area contributed by atoms with E-state index in [1.165, 1.54) is 12.1 Å². The minimum absolute atomic E-state index is 0.0106. The molecule has 0 aliphatic rings. The summed E-state index contributed by atoms with van der Waals surface area (Å²) in [6, 6.07) is 4.25. The molecule has 0 aliphatic carbocycles. The molecule has 0 aliphatic heterocycles. The summed E-state index contributed by atoms with van der Waals surface area (Å²) in [5, 5.41) is 0.323. The molecule has 0 bridgehead atoms. The lowest BCUT2D eigenvalue weighted by Gasteiger charge is -1.97. The third-order valence-electron chi connectivity index (χ3n) is 1.12. The summed E-state index contributed by atoms with van der Waals surface area (Å²) in [7, 11) is 1.41. The highest BCUT2D eigenvalue weighted by Gasteiger charge is 2.10. The Morgan fingerprint density at radius 2 is 1.83 bits per heavy atom. The van der Waals surface area contributed by atoms with Crippen molar-refractivity contribution in [2.45, 2.75) is 4.90 Å². The van der Waals surface area contributed by atoms with Crippen molar-refractivity contribution in [1.82, 2.24) is 0 Å². The van der Waals surface area contributed by atoms with Gasteiger partial charge in [0.25, 0.3) is 9.05 Å². The molecule has 0 fully saturated rings. The highest BCUT2D eigenvalue weighted by atomic mass is 79.9. The number of benzene rings is 1. The van der Waals surface area contributed by atoms with E-state index >= 15 is 0 Å². The third-order valence-corrected chi connectivity index (χ3v) is 3.13. The van der Waals surface area contributed by atoms with Crippen molar-refractivity contribution in [2.75, 3.05) is 0 Å². The van der Waals surface area contributed by atoms with Gasteiger partial charge in [-0.05, 0) is 18.2 Å². The van der Waals surface area contributed by atoms with Crippen LogP contribution in [0, 0.1) is 0 Å². The maximum atomic E-state index is 10.8. The fourth-order valence-corrected chi connectivity index (χ4v) is 2.55. The maximum absolute atomic E-state index is 10.8. The monoisotopic (exact) mass is 288 g/mol. The van der Waals surface area contributed by atoms with Gasteiger partial charge >= 0.3 is 0 Å². The molecule has 0 saturated heterocycles. The molecule has 0 N–H and O–H groups in total. The molecule has 2 nitrogen and oxygen atoms in total. The Kier molecular flexibility index (Phi) is 3.04. The van der Waals surface area contributed by atoms with Gasteiger partial charge in [0.1, 0.15) is 0 Å². The average Bonchev–Trinajstić information content (AvgIpc) is 1.82. The van der Waals surface area contributed by atoms with Crippen molar-refractivity contribution in [1.29, 1.82) is 0 Å². The standard InChI is InChI=1S/C6H3BrCl2O2S/c7-4-1-5(8)3-6(2-4)12(9,10)11/h1-3H. The van der Waals surface area contributed by atoms with E-state index < -0.39 is 9.05 Å². The molecule has 0 saturated carbocycles. The molecule has 0 aromatic heterocycles. The van der Waals surface area contributed by atoms with E-state index in [9.17, 15) is 8.42 Å². The van der Waals surface area contributed by atoms with Crippen LogP contribution in [-0.2, 0) is 9.05 Å². The fraction of sp³-hybridized carbons (Fsp3) is 0. The van der Waals surface area contributed by atoms with Gasteiger partial charge in [-0.3, -0.25) is 0 Å². The van der Waals surface area contributed by atoms with Crippen LogP contribution in [0.15, 0.2) is 27.6 Å². The lowest BCUT2D eigenvalue weighted by Crippen LogP contribution is -1.89. The van der Waals surface area contributed by atoms with Gasteiger partial charge in [0, 0.05) is 20.2 Å². The topological polar surface area (TPSA) is 34.1 Å². The van der Waals surface area contributed by atoms with E-state index in [0.29, 0.717) is 9.50 Å². The Labute approximate surface area is 88.0 Å². The zero-order valence-corrected chi connectivity index (χ0v) is 9.51. The lowest BCUT2D eigenvalue weighted by atomic mass is 10.4. The quantitative estimate of drug-likeness (QED) is 0.745. The lowest BCUT2D eigenvalue weighted by molar-refractivity contribution is 0.609. The third kappa shape index (κ3) is 2.62. The van der Waals surface area contributed by atoms with Crippen LogP contribution >= 0.6 is 38.2 Å². The molecule has 0 radical (unpaired) electrons. The second kappa shape index (κ2) is 3.54. The first-order valence-electron chi connectivity index (χ1n) is 2.80. The van der Waals surface area contributed by atoms with Gasteiger partial charge in [0.2, 0.25) is 0 Å². The number of rotatable bonds is 1. The first kappa shape index (κ1) is 10.3. The summed E-state index contributed by atoms with van der Waals surface area (Å²) >= 11 is 8.70. The van der Waals surface area contributed by atoms with Gasteiger partial charge in [-0.15, -0.1) is 0 Å². The van der Waals surface area contributed by atoms with Crippen molar-refractivity contribution in [3.8, 4) is 0 Å². The molecule has 0 spiro atoms. The second-order valence-corrected chi connectivity index (χ2v) is 5.96. The molecule has 0 unspecified atom stereocenters. The van der Waals surface area contributed by atoms with Crippen LogP contribution in [0.5, 0.6) is 0 Å². The largest absolute Gasteiger partial charge is 0.261 e. The van der Waals surface area contributed by atoms with E-state index in [1.807, 2.05) is 0 Å². The minimum atomic E-state index is -3.69. The molecule has 1 rings (SSSR count). The van der Waals surface area contributed by atoms with Crippen molar-refractivity contribution >= 4 is 47.3 Å². The molecule has 66 valence electrons. The SMILES string of the molecule is O=S(=O)(Cl)c1cc(Cl)cc(Br)c1. The highest BCUT2D eigenvalue weighted by Crippen LogP contribution is 2.24. The summed E-state index contributed by atoms with van der Waals surface area (Å²) in [5.74, 6) is 0. The van der Waals surface area contributed by atoms with E-state index in [1.54, 1.807) is 6.07 Å². The molecule has 1 aromatic rings. The Balaban J connectivity index is 3.37. The fourth-order valence-electron chi connectivity index (χ4n) is 0.669. The summed E-state index contributed by atoms with van der Waals surface area (Å²) in [5.41, 5.74) is 0. The smallest absolute Gasteiger partial charge is 0.207 e. The van der Waals surface area contributed by atoms with Crippen molar-refractivity contribution in [3.05, 3.63) is 27.7 Å². The molecular weight excluding hydrogens is 287 g/mol. The molecule has 1 aromatic carbocycles. The zero-order valence-electron chi connectivity index (χ0n) is 5.59. The minimum Gasteiger partial charge on any atom is -0.207 e. The van der Waals surface area contributed by atoms with Gasteiger partial charge < -0.3 is 0 Å². The highest BCUT2D eigenvalue weighted by molar-refractivity contribution is 9.10. The van der Waals surface area contributed by atoms with Crippen LogP contribution in [0.2, 0.25) is 5.02 Å². The summed E-state index contributed by atoms with van der Waals surface area (Å²) in [6.07, 6.45) is 0. The number of hydrogen-bond acceptors (Lipinski definition) is 2. The molecular formula is C6H3BrCl2O2S. The Morgan fingerprint density at radius 1 is 1.25 bits per heavy atom. The van der Waals surface area contributed by atoms with Gasteiger partial charge in [0.15, 0.2) is 0 Å². The van der Waals surface area contributed by atoms with Gasteiger partial charge in [-0.1, -0.05) is 27.5 Å². The van der Waals surface area contributed by atoms with E-state index in [0.717, 1.165) is 0 Å². The van der Waals surface area contributed by atoms with Crippen molar-refractivity contribution in [3.63, 3.8) is 0 Å². The molecule has 0 amide bonds.